The summed E-state index contributed by atoms with van der Waals surface area (Å²) in [4.78, 5) is 13.9. The van der Waals surface area contributed by atoms with Gasteiger partial charge >= 0.3 is 5.97 Å². The number of H-pyrrole nitrogens is 1. The Kier molecular flexibility index (Phi) is 6.76. The van der Waals surface area contributed by atoms with Gasteiger partial charge in [-0.05, 0) is 38.5 Å². The number of nitrogens with zero attached hydrogens (tertiary/aromatic N) is 2. The molecule has 2 rings (SSSR count). The highest BCUT2D eigenvalue weighted by molar-refractivity contribution is 7.89. The molecule has 0 saturated heterocycles. The number of esters is 1. The molecule has 0 aliphatic rings. The molecule has 0 spiro atoms. The topological polar surface area (TPSA) is 104 Å². The number of aromatic amines is 1. The van der Waals surface area contributed by atoms with Gasteiger partial charge in [-0.25, -0.2) is 17.9 Å². The van der Waals surface area contributed by atoms with Crippen LogP contribution in [0.1, 0.15) is 29.8 Å². The normalized spacial score (nSPS) is 11.3. The van der Waals surface area contributed by atoms with E-state index in [1.807, 2.05) is 38.1 Å². The lowest BCUT2D eigenvalue weighted by atomic mass is 10.2. The van der Waals surface area contributed by atoms with E-state index in [9.17, 15) is 13.2 Å². The lowest BCUT2D eigenvalue weighted by Gasteiger charge is -2.23. The molecule has 0 bridgehead atoms. The fourth-order valence-electron chi connectivity index (χ4n) is 2.51. The number of anilines is 1. The Balaban J connectivity index is 2.04. The third-order valence-corrected chi connectivity index (χ3v) is 5.22. The highest BCUT2D eigenvalue weighted by atomic mass is 32.2. The maximum Gasteiger partial charge on any atom is 0.342 e. The van der Waals surface area contributed by atoms with Crippen molar-refractivity contribution in [2.24, 2.45) is 0 Å². The van der Waals surface area contributed by atoms with Gasteiger partial charge in [0.15, 0.2) is 5.03 Å². The Bertz CT molecular complexity index is 848. The Morgan fingerprint density at radius 1 is 1.35 bits per heavy atom. The van der Waals surface area contributed by atoms with Crippen LogP contribution in [0.4, 0.5) is 5.69 Å². The molecule has 0 saturated carbocycles. The number of ether oxygens (including phenoxy) is 1. The van der Waals surface area contributed by atoms with E-state index >= 15 is 0 Å². The summed E-state index contributed by atoms with van der Waals surface area (Å²) in [5.41, 5.74) is 2.06. The summed E-state index contributed by atoms with van der Waals surface area (Å²) < 4.78 is 32.3. The van der Waals surface area contributed by atoms with E-state index in [2.05, 4.69) is 19.8 Å². The molecule has 0 unspecified atom stereocenters. The van der Waals surface area contributed by atoms with Gasteiger partial charge in [-0.15, -0.1) is 0 Å². The van der Waals surface area contributed by atoms with Crippen LogP contribution in [0, 0.1) is 6.92 Å². The number of hydrogen-bond donors (Lipinski definition) is 2. The summed E-state index contributed by atoms with van der Waals surface area (Å²) in [6.07, 6.45) is 1.15. The van der Waals surface area contributed by atoms with Crippen LogP contribution in [0.3, 0.4) is 0 Å². The summed E-state index contributed by atoms with van der Waals surface area (Å²) in [6, 6.07) is 8.01. The van der Waals surface area contributed by atoms with E-state index in [0.717, 1.165) is 24.0 Å². The minimum atomic E-state index is -3.90. The summed E-state index contributed by atoms with van der Waals surface area (Å²) in [7, 11) is -3.90. The average Bonchev–Trinajstić information content (AvgIpc) is 3.10. The zero-order valence-electron chi connectivity index (χ0n) is 15.2. The van der Waals surface area contributed by atoms with E-state index in [1.165, 1.54) is 0 Å². The number of nitrogens with one attached hydrogen (secondary N) is 2. The fraction of sp³-hybridized carbons (Fsp3) is 0.412. The van der Waals surface area contributed by atoms with Crippen molar-refractivity contribution in [2.45, 2.75) is 25.8 Å². The van der Waals surface area contributed by atoms with Crippen LogP contribution >= 0.6 is 0 Å². The zero-order valence-corrected chi connectivity index (χ0v) is 16.0. The third-order valence-electron chi connectivity index (χ3n) is 3.79. The molecule has 1 aromatic carbocycles. The van der Waals surface area contributed by atoms with Crippen LogP contribution in [0.5, 0.6) is 0 Å². The summed E-state index contributed by atoms with van der Waals surface area (Å²) in [5, 5.41) is 5.73. The van der Waals surface area contributed by atoms with E-state index in [0.29, 0.717) is 6.54 Å². The minimum Gasteiger partial charge on any atom is -0.462 e. The highest BCUT2D eigenvalue weighted by Crippen LogP contribution is 2.16. The Hall–Kier alpha value is -2.39. The molecule has 0 radical (unpaired) electrons. The SMILES string of the molecule is CCOC(=O)c1cn[nH]c1S(=O)(=O)NCCN(CC)c1cccc(C)c1. The predicted molar refractivity (Wildman–Crippen MR) is 98.8 cm³/mol. The second-order valence-electron chi connectivity index (χ2n) is 5.65. The lowest BCUT2D eigenvalue weighted by Crippen LogP contribution is -2.35. The zero-order chi connectivity index (χ0) is 19.2. The van der Waals surface area contributed by atoms with Gasteiger partial charge in [0.25, 0.3) is 10.0 Å². The number of aromatic nitrogens is 2. The second-order valence-corrected chi connectivity index (χ2v) is 7.35. The number of sulfonamides is 1. The molecular weight excluding hydrogens is 356 g/mol. The first kappa shape index (κ1) is 19.9. The molecule has 1 aromatic heterocycles. The summed E-state index contributed by atoms with van der Waals surface area (Å²) in [5.74, 6) is -0.725. The number of likely N-dealkylation sites (N-methyl/N-ethyl adjacent to an activating group) is 1. The van der Waals surface area contributed by atoms with Gasteiger partial charge in [-0.2, -0.15) is 5.10 Å². The quantitative estimate of drug-likeness (QED) is 0.642. The molecule has 1 heterocycles. The molecule has 2 N–H and O–H groups in total. The van der Waals surface area contributed by atoms with Gasteiger partial charge in [0.1, 0.15) is 5.56 Å². The van der Waals surface area contributed by atoms with Crippen molar-refractivity contribution in [1.29, 1.82) is 0 Å². The molecule has 26 heavy (non-hydrogen) atoms. The lowest BCUT2D eigenvalue weighted by molar-refractivity contribution is 0.0522. The van der Waals surface area contributed by atoms with Crippen molar-refractivity contribution in [3.8, 4) is 0 Å². The van der Waals surface area contributed by atoms with Gasteiger partial charge in [-0.1, -0.05) is 12.1 Å². The molecule has 2 aromatic rings. The summed E-state index contributed by atoms with van der Waals surface area (Å²) in [6.45, 7) is 7.23. The van der Waals surface area contributed by atoms with Crippen molar-refractivity contribution < 1.29 is 17.9 Å². The van der Waals surface area contributed by atoms with E-state index in [1.54, 1.807) is 6.92 Å². The first-order valence-electron chi connectivity index (χ1n) is 8.40. The molecule has 0 amide bonds. The number of carbonyl (C=O) groups excluding carboxylic acids is 1. The Morgan fingerprint density at radius 2 is 2.12 bits per heavy atom. The van der Waals surface area contributed by atoms with Crippen LogP contribution in [-0.2, 0) is 14.8 Å². The number of carbonyl (C=O) groups is 1. The molecule has 0 fully saturated rings. The first-order valence-corrected chi connectivity index (χ1v) is 9.89. The smallest absolute Gasteiger partial charge is 0.342 e. The van der Waals surface area contributed by atoms with Gasteiger partial charge in [0, 0.05) is 25.3 Å². The third kappa shape index (κ3) is 4.83. The van der Waals surface area contributed by atoms with Crippen molar-refractivity contribution in [3.63, 3.8) is 0 Å². The van der Waals surface area contributed by atoms with Crippen molar-refractivity contribution in [1.82, 2.24) is 14.9 Å². The molecule has 0 atom stereocenters. The minimum absolute atomic E-state index is 0.106. The second kappa shape index (κ2) is 8.81. The number of benzene rings is 1. The molecule has 0 aliphatic carbocycles. The van der Waals surface area contributed by atoms with Gasteiger partial charge in [0.2, 0.25) is 0 Å². The first-order chi connectivity index (χ1) is 12.4. The molecule has 142 valence electrons. The van der Waals surface area contributed by atoms with Crippen LogP contribution in [0.2, 0.25) is 0 Å². The van der Waals surface area contributed by atoms with E-state index in [4.69, 9.17) is 4.74 Å². The number of aryl methyl sites for hydroxylation is 1. The highest BCUT2D eigenvalue weighted by Gasteiger charge is 2.25. The number of hydrogen-bond acceptors (Lipinski definition) is 6. The standard InChI is InChI=1S/C17H24N4O4S/c1-4-21(14-8-6-7-13(3)11-14)10-9-19-26(23,24)16-15(12-18-20-16)17(22)25-5-2/h6-8,11-12,19H,4-5,9-10H2,1-3H3,(H,18,20). The van der Waals surface area contributed by atoms with Gasteiger partial charge < -0.3 is 9.64 Å². The van der Waals surface area contributed by atoms with Crippen LogP contribution in [0.15, 0.2) is 35.5 Å². The van der Waals surface area contributed by atoms with E-state index < -0.39 is 16.0 Å². The molecule has 0 aliphatic heterocycles. The summed E-state index contributed by atoms with van der Waals surface area (Å²) >= 11 is 0. The van der Waals surface area contributed by atoms with Crippen molar-refractivity contribution in [2.75, 3.05) is 31.1 Å². The predicted octanol–water partition coefficient (Wildman–Crippen LogP) is 1.70. The molecule has 9 heteroatoms. The van der Waals surface area contributed by atoms with Crippen LogP contribution in [-0.4, -0.2) is 50.8 Å². The van der Waals surface area contributed by atoms with E-state index in [-0.39, 0.29) is 23.7 Å². The van der Waals surface area contributed by atoms with Crippen molar-refractivity contribution in [3.05, 3.63) is 41.6 Å². The average molecular weight is 380 g/mol. The van der Waals surface area contributed by atoms with Crippen LogP contribution in [0.25, 0.3) is 0 Å². The fourth-order valence-corrected chi connectivity index (χ4v) is 3.62. The van der Waals surface area contributed by atoms with Crippen molar-refractivity contribution >= 4 is 21.7 Å². The Morgan fingerprint density at radius 3 is 2.77 bits per heavy atom. The monoisotopic (exact) mass is 380 g/mol. The van der Waals surface area contributed by atoms with Gasteiger partial charge in [-0.3, -0.25) is 5.10 Å². The van der Waals surface area contributed by atoms with Gasteiger partial charge in [0.05, 0.1) is 12.8 Å². The Labute approximate surface area is 153 Å². The maximum absolute atomic E-state index is 12.5. The number of rotatable bonds is 9. The largest absolute Gasteiger partial charge is 0.462 e. The molecule has 8 nitrogen and oxygen atoms in total. The molecular formula is C17H24N4O4S. The maximum atomic E-state index is 12.5. The van der Waals surface area contributed by atoms with Crippen LogP contribution < -0.4 is 9.62 Å².